The Morgan fingerprint density at radius 3 is 1.88 bits per heavy atom. The normalized spacial score (nSPS) is 12.8. The van der Waals surface area contributed by atoms with E-state index in [0.29, 0.717) is 0 Å². The van der Waals surface area contributed by atoms with Crippen molar-refractivity contribution < 1.29 is 14.7 Å². The molecule has 0 aliphatic carbocycles. The zero-order valence-corrected chi connectivity index (χ0v) is 4.84. The predicted octanol–water partition coefficient (Wildman–Crippen LogP) is 0.296. The highest BCUT2D eigenvalue weighted by Crippen LogP contribution is 1.93. The van der Waals surface area contributed by atoms with Crippen LogP contribution in [-0.2, 0) is 9.59 Å². The molecule has 0 bridgehead atoms. The van der Waals surface area contributed by atoms with Crippen LogP contribution in [0.25, 0.3) is 0 Å². The van der Waals surface area contributed by atoms with E-state index in [-0.39, 0.29) is 5.78 Å². The summed E-state index contributed by atoms with van der Waals surface area (Å²) in [4.78, 5) is 20.1. The summed E-state index contributed by atoms with van der Waals surface area (Å²) >= 11 is 0. The summed E-state index contributed by atoms with van der Waals surface area (Å²) < 4.78 is 0. The summed E-state index contributed by atoms with van der Waals surface area (Å²) in [7, 11) is 0. The lowest BCUT2D eigenvalue weighted by Gasteiger charge is -1.96. The smallest absolute Gasteiger partial charge is 0.313 e. The molecule has 1 atom stereocenters. The molecule has 8 heavy (non-hydrogen) atoms. The van der Waals surface area contributed by atoms with Crippen LogP contribution in [0.5, 0.6) is 0 Å². The van der Waals surface area contributed by atoms with Crippen LogP contribution in [0.1, 0.15) is 13.8 Å². The number of Topliss-reactive ketones (excluding diaryl/α,β-unsaturated/α-hetero) is 1. The largest absolute Gasteiger partial charge is 0.481 e. The molecular formula is C5H8O3. The van der Waals surface area contributed by atoms with E-state index >= 15 is 0 Å². The lowest BCUT2D eigenvalue weighted by Crippen LogP contribution is -2.16. The minimum absolute atomic E-state index is 0.308. The number of hydrogen-bond donors (Lipinski definition) is 1. The van der Waals surface area contributed by atoms with Gasteiger partial charge in [0.05, 0.1) is 0 Å². The number of carboxylic acid groups (broad SMARTS) is 1. The maximum absolute atomic E-state index is 10.2. The Hall–Kier alpha value is -0.860. The van der Waals surface area contributed by atoms with Gasteiger partial charge in [-0.2, -0.15) is 0 Å². The van der Waals surface area contributed by atoms with Crippen molar-refractivity contribution in [3.63, 3.8) is 0 Å². The minimum Gasteiger partial charge on any atom is -0.481 e. The number of carbonyl (C=O) groups excluding carboxylic acids is 1. The van der Waals surface area contributed by atoms with E-state index in [4.69, 9.17) is 5.11 Å². The Balaban J connectivity index is 3.83. The Kier molecular flexibility index (Phi) is 2.19. The number of aliphatic carboxylic acids is 1. The first-order valence-corrected chi connectivity index (χ1v) is 2.29. The second-order valence-electron chi connectivity index (χ2n) is 1.67. The van der Waals surface area contributed by atoms with Gasteiger partial charge in [-0.05, 0) is 13.8 Å². The van der Waals surface area contributed by atoms with Crippen LogP contribution in [-0.4, -0.2) is 16.9 Å². The average Bonchev–Trinajstić information content (AvgIpc) is 1.64. The van der Waals surface area contributed by atoms with E-state index in [2.05, 4.69) is 0 Å². The molecule has 0 fully saturated rings. The first-order chi connectivity index (χ1) is 3.55. The average molecular weight is 116 g/mol. The van der Waals surface area contributed by atoms with E-state index in [1.165, 1.54) is 13.8 Å². The predicted molar refractivity (Wildman–Crippen MR) is 27.5 cm³/mol. The lowest BCUT2D eigenvalue weighted by molar-refractivity contribution is -0.144. The van der Waals surface area contributed by atoms with E-state index in [9.17, 15) is 9.59 Å². The van der Waals surface area contributed by atoms with Gasteiger partial charge in [-0.25, -0.2) is 0 Å². The number of hydrogen-bond acceptors (Lipinski definition) is 2. The topological polar surface area (TPSA) is 54.4 Å². The SMILES string of the molecule is CC(=O)[C@@H](C)C(=O)O. The van der Waals surface area contributed by atoms with Crippen molar-refractivity contribution in [2.24, 2.45) is 5.92 Å². The van der Waals surface area contributed by atoms with Crippen LogP contribution in [0.15, 0.2) is 0 Å². The molecule has 0 aromatic rings. The number of ketones is 1. The molecule has 0 spiro atoms. The zero-order valence-electron chi connectivity index (χ0n) is 4.84. The summed E-state index contributed by atoms with van der Waals surface area (Å²) in [6, 6.07) is 0. The molecule has 0 aromatic heterocycles. The molecule has 0 aliphatic rings. The quantitative estimate of drug-likeness (QED) is 0.528. The Labute approximate surface area is 47.3 Å². The highest BCUT2D eigenvalue weighted by Gasteiger charge is 2.14. The molecule has 0 aromatic carbocycles. The van der Waals surface area contributed by atoms with Gasteiger partial charge >= 0.3 is 5.97 Å². The van der Waals surface area contributed by atoms with E-state index < -0.39 is 11.9 Å². The molecule has 0 rings (SSSR count). The van der Waals surface area contributed by atoms with Gasteiger partial charge in [-0.1, -0.05) is 0 Å². The van der Waals surface area contributed by atoms with Crippen molar-refractivity contribution >= 4 is 11.8 Å². The molecule has 0 amide bonds. The molecule has 3 nitrogen and oxygen atoms in total. The molecule has 0 unspecified atom stereocenters. The molecule has 0 radical (unpaired) electrons. The van der Waals surface area contributed by atoms with Crippen molar-refractivity contribution in [1.29, 1.82) is 0 Å². The first-order valence-electron chi connectivity index (χ1n) is 2.29. The number of carbonyl (C=O) groups is 2. The molecular weight excluding hydrogens is 108 g/mol. The van der Waals surface area contributed by atoms with Gasteiger partial charge in [-0.15, -0.1) is 0 Å². The van der Waals surface area contributed by atoms with Crippen molar-refractivity contribution in [3.05, 3.63) is 0 Å². The molecule has 0 heterocycles. The summed E-state index contributed by atoms with van der Waals surface area (Å²) in [5.41, 5.74) is 0. The monoisotopic (exact) mass is 116 g/mol. The van der Waals surface area contributed by atoms with Crippen molar-refractivity contribution in [1.82, 2.24) is 0 Å². The van der Waals surface area contributed by atoms with E-state index in [1.807, 2.05) is 0 Å². The second-order valence-corrected chi connectivity index (χ2v) is 1.67. The van der Waals surface area contributed by atoms with Gasteiger partial charge in [0.25, 0.3) is 0 Å². The van der Waals surface area contributed by atoms with E-state index in [0.717, 1.165) is 0 Å². The number of carboxylic acids is 1. The first kappa shape index (κ1) is 7.14. The van der Waals surface area contributed by atoms with Crippen LogP contribution in [0.3, 0.4) is 0 Å². The molecule has 0 aliphatic heterocycles. The minimum atomic E-state index is -1.06. The summed E-state index contributed by atoms with van der Waals surface area (Å²) in [6.07, 6.45) is 0. The van der Waals surface area contributed by atoms with Gasteiger partial charge in [0.2, 0.25) is 0 Å². The third kappa shape index (κ3) is 1.73. The maximum atomic E-state index is 10.2. The van der Waals surface area contributed by atoms with Gasteiger partial charge < -0.3 is 5.11 Å². The Morgan fingerprint density at radius 2 is 1.88 bits per heavy atom. The summed E-state index contributed by atoms with van der Waals surface area (Å²) in [5, 5.41) is 8.13. The molecule has 3 heteroatoms. The van der Waals surface area contributed by atoms with E-state index in [1.54, 1.807) is 0 Å². The lowest BCUT2D eigenvalue weighted by atomic mass is 10.1. The molecule has 0 saturated heterocycles. The zero-order chi connectivity index (χ0) is 6.73. The standard InChI is InChI=1S/C5H8O3/c1-3(4(2)6)5(7)8/h3H,1-2H3,(H,7,8)/t3-/m1/s1. The van der Waals surface area contributed by atoms with Crippen LogP contribution >= 0.6 is 0 Å². The van der Waals surface area contributed by atoms with Crippen LogP contribution in [0.2, 0.25) is 0 Å². The van der Waals surface area contributed by atoms with Crippen LogP contribution in [0, 0.1) is 5.92 Å². The second kappa shape index (κ2) is 2.45. The fourth-order valence-corrected chi connectivity index (χ4v) is 0.174. The fourth-order valence-electron chi connectivity index (χ4n) is 0.174. The molecule has 0 saturated carbocycles. The third-order valence-corrected chi connectivity index (χ3v) is 0.980. The third-order valence-electron chi connectivity index (χ3n) is 0.980. The summed E-state index contributed by atoms with van der Waals surface area (Å²) in [5.74, 6) is -2.22. The van der Waals surface area contributed by atoms with Crippen LogP contribution in [0.4, 0.5) is 0 Å². The highest BCUT2D eigenvalue weighted by molar-refractivity contribution is 5.96. The van der Waals surface area contributed by atoms with Crippen LogP contribution < -0.4 is 0 Å². The highest BCUT2D eigenvalue weighted by atomic mass is 16.4. The van der Waals surface area contributed by atoms with Gasteiger partial charge in [0.1, 0.15) is 11.7 Å². The Bertz CT molecular complexity index is 103. The van der Waals surface area contributed by atoms with Crippen molar-refractivity contribution in [3.8, 4) is 0 Å². The summed E-state index contributed by atoms with van der Waals surface area (Å²) in [6.45, 7) is 2.63. The van der Waals surface area contributed by atoms with Gasteiger partial charge in [0.15, 0.2) is 0 Å². The van der Waals surface area contributed by atoms with Crippen molar-refractivity contribution in [2.45, 2.75) is 13.8 Å². The molecule has 1 N–H and O–H groups in total. The fraction of sp³-hybridized carbons (Fsp3) is 0.600. The van der Waals surface area contributed by atoms with Crippen molar-refractivity contribution in [2.75, 3.05) is 0 Å². The van der Waals surface area contributed by atoms with Gasteiger partial charge in [0, 0.05) is 0 Å². The molecule has 46 valence electrons. The Morgan fingerprint density at radius 1 is 1.50 bits per heavy atom. The number of rotatable bonds is 2. The van der Waals surface area contributed by atoms with Gasteiger partial charge in [-0.3, -0.25) is 9.59 Å². The maximum Gasteiger partial charge on any atom is 0.313 e.